The van der Waals surface area contributed by atoms with Crippen molar-refractivity contribution in [3.05, 3.63) is 91.3 Å². The molecule has 188 valence electrons. The lowest BCUT2D eigenvalue weighted by Crippen LogP contribution is -2.30. The molecule has 0 spiro atoms. The Balaban J connectivity index is 2.00. The van der Waals surface area contributed by atoms with Gasteiger partial charge in [0.25, 0.3) is 17.2 Å². The molecule has 0 aliphatic rings. The summed E-state index contributed by atoms with van der Waals surface area (Å²) in [5.74, 6) is -0.763. The number of carbonyl (C=O) groups is 1. The van der Waals surface area contributed by atoms with Crippen molar-refractivity contribution >= 4 is 28.3 Å². The summed E-state index contributed by atoms with van der Waals surface area (Å²) in [6.07, 6.45) is 2.12. The van der Waals surface area contributed by atoms with Gasteiger partial charge in [0, 0.05) is 37.0 Å². The Morgan fingerprint density at radius 2 is 2.03 bits per heavy atom. The van der Waals surface area contributed by atoms with Crippen molar-refractivity contribution in [3.63, 3.8) is 0 Å². The van der Waals surface area contributed by atoms with Gasteiger partial charge in [0.1, 0.15) is 17.4 Å². The molecule has 11 nitrogen and oxygen atoms in total. The number of fused-ring (bicyclic) bond motifs is 2. The Kier molecular flexibility index (Phi) is 7.22. The number of hydrogen-bond donors (Lipinski definition) is 0. The number of amides is 1. The average Bonchev–Trinajstić information content (AvgIpc) is 2.88. The fourth-order valence-electron chi connectivity index (χ4n) is 3.96. The number of benzene rings is 1. The number of pyridine rings is 2. The summed E-state index contributed by atoms with van der Waals surface area (Å²) in [6.45, 7) is 6.31. The molecule has 0 aliphatic carbocycles. The fraction of sp³-hybridized carbons (Fsp3) is 0.269. The second-order valence-corrected chi connectivity index (χ2v) is 8.68. The van der Waals surface area contributed by atoms with E-state index in [-0.39, 0.29) is 51.5 Å². The normalized spacial score (nSPS) is 11.8. The molecule has 0 unspecified atom stereocenters. The van der Waals surface area contributed by atoms with E-state index in [2.05, 4.69) is 4.99 Å². The number of nitro benzene ring substituents is 1. The Morgan fingerprint density at radius 3 is 2.73 bits per heavy atom. The van der Waals surface area contributed by atoms with E-state index >= 15 is 0 Å². The molecule has 0 N–H and O–H groups in total. The summed E-state index contributed by atoms with van der Waals surface area (Å²) in [5.41, 5.74) is 0.881. The minimum atomic E-state index is -0.763. The van der Waals surface area contributed by atoms with E-state index in [0.717, 1.165) is 11.6 Å². The predicted molar refractivity (Wildman–Crippen MR) is 135 cm³/mol. The Hall–Kier alpha value is -4.69. The van der Waals surface area contributed by atoms with Crippen molar-refractivity contribution in [1.82, 2.24) is 14.0 Å². The minimum Gasteiger partial charge on any atom is -0.379 e. The molecule has 37 heavy (non-hydrogen) atoms. The first kappa shape index (κ1) is 25.4. The maximum Gasteiger partial charge on any atom is 0.279 e. The number of nitrogens with zero attached hydrogens (tertiary/aromatic N) is 6. The average molecular weight is 501 g/mol. The maximum atomic E-state index is 13.4. The molecule has 0 bridgehead atoms. The van der Waals surface area contributed by atoms with Crippen LogP contribution >= 0.6 is 0 Å². The van der Waals surface area contributed by atoms with E-state index in [1.807, 2.05) is 32.9 Å². The van der Waals surface area contributed by atoms with Crippen LogP contribution in [0.15, 0.2) is 58.4 Å². The highest BCUT2D eigenvalue weighted by molar-refractivity contribution is 5.95. The number of carbonyl (C=O) groups excluding carboxylic acids is 1. The Morgan fingerprint density at radius 1 is 1.24 bits per heavy atom. The monoisotopic (exact) mass is 500 g/mol. The molecule has 4 rings (SSSR count). The van der Waals surface area contributed by atoms with Crippen molar-refractivity contribution in [1.29, 1.82) is 5.26 Å². The Bertz CT molecular complexity index is 1710. The van der Waals surface area contributed by atoms with Crippen LogP contribution in [0.1, 0.15) is 41.8 Å². The molecule has 4 aromatic rings. The van der Waals surface area contributed by atoms with Crippen molar-refractivity contribution < 1.29 is 14.5 Å². The van der Waals surface area contributed by atoms with E-state index in [4.69, 9.17) is 9.72 Å². The highest BCUT2D eigenvalue weighted by atomic mass is 16.6. The van der Waals surface area contributed by atoms with E-state index in [1.54, 1.807) is 16.8 Å². The summed E-state index contributed by atoms with van der Waals surface area (Å²) >= 11 is 0. The van der Waals surface area contributed by atoms with E-state index in [0.29, 0.717) is 18.7 Å². The maximum absolute atomic E-state index is 13.4. The first-order valence-electron chi connectivity index (χ1n) is 11.6. The van der Waals surface area contributed by atoms with Crippen LogP contribution < -0.4 is 11.0 Å². The lowest BCUT2D eigenvalue weighted by Gasteiger charge is -2.15. The fourth-order valence-corrected chi connectivity index (χ4v) is 3.96. The molecule has 0 saturated heterocycles. The zero-order valence-electron chi connectivity index (χ0n) is 20.5. The first-order chi connectivity index (χ1) is 17.7. The molecule has 0 radical (unpaired) electrons. The van der Waals surface area contributed by atoms with Gasteiger partial charge in [-0.25, -0.2) is 4.98 Å². The van der Waals surface area contributed by atoms with Crippen molar-refractivity contribution in [2.24, 2.45) is 4.99 Å². The minimum absolute atomic E-state index is 0.00237. The number of hydrogen-bond acceptors (Lipinski definition) is 7. The number of non-ortho nitro benzene ring substituents is 1. The molecular weight excluding hydrogens is 476 g/mol. The van der Waals surface area contributed by atoms with Gasteiger partial charge in [-0.05, 0) is 51.0 Å². The van der Waals surface area contributed by atoms with E-state index in [9.17, 15) is 25.0 Å². The lowest BCUT2D eigenvalue weighted by atomic mass is 10.2. The molecule has 0 atom stereocenters. The number of aromatic nitrogens is 3. The van der Waals surface area contributed by atoms with Crippen LogP contribution in [0.4, 0.5) is 5.69 Å². The third kappa shape index (κ3) is 5.14. The molecule has 0 aliphatic heterocycles. The van der Waals surface area contributed by atoms with Crippen LogP contribution in [0.5, 0.6) is 0 Å². The summed E-state index contributed by atoms with van der Waals surface area (Å²) < 4.78 is 8.63. The van der Waals surface area contributed by atoms with Crippen LogP contribution in [-0.2, 0) is 11.3 Å². The van der Waals surface area contributed by atoms with E-state index < -0.39 is 10.8 Å². The second kappa shape index (κ2) is 10.5. The highest BCUT2D eigenvalue weighted by Crippen LogP contribution is 2.15. The summed E-state index contributed by atoms with van der Waals surface area (Å²) in [4.78, 5) is 45.9. The number of aryl methyl sites for hydroxylation is 2. The number of rotatable bonds is 7. The number of nitro groups is 1. The van der Waals surface area contributed by atoms with Gasteiger partial charge >= 0.3 is 0 Å². The molecule has 1 amide bonds. The van der Waals surface area contributed by atoms with E-state index in [1.165, 1.54) is 28.7 Å². The number of nitriles is 1. The molecule has 0 saturated carbocycles. The summed E-state index contributed by atoms with van der Waals surface area (Å²) in [7, 11) is 0. The van der Waals surface area contributed by atoms with Crippen molar-refractivity contribution in [2.75, 3.05) is 6.61 Å². The smallest absolute Gasteiger partial charge is 0.279 e. The highest BCUT2D eigenvalue weighted by Gasteiger charge is 2.17. The second-order valence-electron chi connectivity index (χ2n) is 8.68. The van der Waals surface area contributed by atoms with Gasteiger partial charge < -0.3 is 9.30 Å². The molecular formula is C26H24N6O5. The van der Waals surface area contributed by atoms with Crippen molar-refractivity contribution in [2.45, 2.75) is 39.8 Å². The van der Waals surface area contributed by atoms with Crippen LogP contribution in [0.2, 0.25) is 0 Å². The lowest BCUT2D eigenvalue weighted by molar-refractivity contribution is -0.384. The zero-order chi connectivity index (χ0) is 26.7. The van der Waals surface area contributed by atoms with Gasteiger partial charge in [-0.1, -0.05) is 12.1 Å². The van der Waals surface area contributed by atoms with Gasteiger partial charge in [0.15, 0.2) is 5.49 Å². The SMILES string of the molecule is Cc1cccn2c(=O)c3cc(C#N)c(=NC(=O)c4cccc([N+](=O)[O-])c4)n(CCCOC(C)C)c3nc12. The first-order valence-corrected chi connectivity index (χ1v) is 11.6. The third-order valence-electron chi connectivity index (χ3n) is 5.71. The Labute approximate surface area is 211 Å². The van der Waals surface area contributed by atoms with Crippen LogP contribution in [0.25, 0.3) is 16.7 Å². The van der Waals surface area contributed by atoms with Crippen molar-refractivity contribution in [3.8, 4) is 6.07 Å². The number of ether oxygens (including phenoxy) is 1. The quantitative estimate of drug-likeness (QED) is 0.164. The third-order valence-corrected chi connectivity index (χ3v) is 5.71. The summed E-state index contributed by atoms with van der Waals surface area (Å²) in [5, 5.41) is 21.3. The molecule has 1 aromatic carbocycles. The van der Waals surface area contributed by atoms with Crippen LogP contribution in [-0.4, -0.2) is 37.5 Å². The summed E-state index contributed by atoms with van der Waals surface area (Å²) in [6, 6.07) is 12.2. The van der Waals surface area contributed by atoms with Gasteiger partial charge in [0.2, 0.25) is 0 Å². The molecule has 0 fully saturated rings. The van der Waals surface area contributed by atoms with Gasteiger partial charge in [0.05, 0.1) is 22.0 Å². The topological polar surface area (TPSA) is 145 Å². The van der Waals surface area contributed by atoms with Crippen LogP contribution in [0.3, 0.4) is 0 Å². The molecule has 11 heteroatoms. The van der Waals surface area contributed by atoms with Gasteiger partial charge in [-0.2, -0.15) is 10.3 Å². The molecule has 3 aromatic heterocycles. The zero-order valence-corrected chi connectivity index (χ0v) is 20.5. The van der Waals surface area contributed by atoms with Gasteiger partial charge in [-0.3, -0.25) is 24.1 Å². The molecule has 3 heterocycles. The largest absolute Gasteiger partial charge is 0.379 e. The van der Waals surface area contributed by atoms with Gasteiger partial charge in [-0.15, -0.1) is 0 Å². The van der Waals surface area contributed by atoms with Crippen LogP contribution in [0, 0.1) is 28.4 Å². The standard InChI is InChI=1S/C26H24N6O5/c1-16(2)37-12-6-11-30-23(29-25(33)18-8-4-9-20(13-18)32(35)36)19(15-27)14-21-24(30)28-22-17(3)7-5-10-31(22)26(21)34/h4-5,7-10,13-14,16H,6,11-12H2,1-3H3. The predicted octanol–water partition coefficient (Wildman–Crippen LogP) is 3.29.